The molecule has 1 aromatic carbocycles. The zero-order valence-corrected chi connectivity index (χ0v) is 11.7. The van der Waals surface area contributed by atoms with E-state index in [0.717, 1.165) is 5.56 Å². The van der Waals surface area contributed by atoms with Gasteiger partial charge in [0.15, 0.2) is 0 Å². The highest BCUT2D eigenvalue weighted by molar-refractivity contribution is 5.81. The maximum atomic E-state index is 11.9. The predicted octanol–water partition coefficient (Wildman–Crippen LogP) is 1.22. The maximum absolute atomic E-state index is 11.9. The van der Waals surface area contributed by atoms with Crippen LogP contribution < -0.4 is 11.1 Å². The fourth-order valence-corrected chi connectivity index (χ4v) is 1.84. The van der Waals surface area contributed by atoms with Gasteiger partial charge in [0.05, 0.1) is 11.6 Å². The molecule has 0 aromatic heterocycles. The summed E-state index contributed by atoms with van der Waals surface area (Å²) in [5.41, 5.74) is 6.07. The van der Waals surface area contributed by atoms with E-state index < -0.39 is 11.6 Å². The molecule has 0 unspecified atom stereocenters. The Morgan fingerprint density at radius 3 is 2.42 bits per heavy atom. The topological polar surface area (TPSA) is 75.3 Å². The fourth-order valence-electron chi connectivity index (χ4n) is 1.84. The van der Waals surface area contributed by atoms with E-state index in [4.69, 9.17) is 5.73 Å². The number of amides is 1. The van der Waals surface area contributed by atoms with Gasteiger partial charge in [-0.1, -0.05) is 44.2 Å². The first kappa shape index (κ1) is 15.7. The number of benzene rings is 1. The Kier molecular flexibility index (Phi) is 5.99. The van der Waals surface area contributed by atoms with Gasteiger partial charge in [-0.25, -0.2) is 0 Å². The summed E-state index contributed by atoms with van der Waals surface area (Å²) in [4.78, 5) is 11.9. The minimum absolute atomic E-state index is 0.218. The molecule has 1 aromatic rings. The summed E-state index contributed by atoms with van der Waals surface area (Å²) in [6.45, 7) is 4.06. The molecule has 1 atom stereocenters. The molecule has 0 saturated heterocycles. The van der Waals surface area contributed by atoms with Crippen molar-refractivity contribution in [1.82, 2.24) is 5.32 Å². The van der Waals surface area contributed by atoms with E-state index in [2.05, 4.69) is 5.32 Å². The first-order chi connectivity index (χ1) is 9.00. The Labute approximate surface area is 115 Å². The molecule has 4 heteroatoms. The van der Waals surface area contributed by atoms with E-state index in [0.29, 0.717) is 19.3 Å². The molecule has 0 aliphatic carbocycles. The Hall–Kier alpha value is -1.39. The Bertz CT molecular complexity index is 388. The quantitative estimate of drug-likeness (QED) is 0.693. The molecule has 1 amide bonds. The standard InChI is InChI=1S/C15H24N2O2/c1-3-15(19,4-2)11-17-14(18)13(16)10-12-8-6-5-7-9-12/h5-9,13,19H,3-4,10-11,16H2,1-2H3,(H,17,18)/t13-/m0/s1. The van der Waals surface area contributed by atoms with Crippen LogP contribution in [0.4, 0.5) is 0 Å². The summed E-state index contributed by atoms with van der Waals surface area (Å²) < 4.78 is 0. The number of rotatable bonds is 7. The van der Waals surface area contributed by atoms with Crippen molar-refractivity contribution in [3.8, 4) is 0 Å². The first-order valence-corrected chi connectivity index (χ1v) is 6.80. The van der Waals surface area contributed by atoms with E-state index in [9.17, 15) is 9.90 Å². The second kappa shape index (κ2) is 7.26. The minimum atomic E-state index is -0.831. The van der Waals surface area contributed by atoms with Crippen LogP contribution in [0.15, 0.2) is 30.3 Å². The molecule has 106 valence electrons. The molecule has 19 heavy (non-hydrogen) atoms. The van der Waals surface area contributed by atoms with Crippen molar-refractivity contribution in [3.05, 3.63) is 35.9 Å². The van der Waals surface area contributed by atoms with Gasteiger partial charge in [-0.15, -0.1) is 0 Å². The predicted molar refractivity (Wildman–Crippen MR) is 76.7 cm³/mol. The molecule has 0 aliphatic rings. The van der Waals surface area contributed by atoms with Gasteiger partial charge in [-0.3, -0.25) is 4.79 Å². The third-order valence-electron chi connectivity index (χ3n) is 3.54. The molecule has 0 bridgehead atoms. The van der Waals surface area contributed by atoms with Crippen molar-refractivity contribution in [2.75, 3.05) is 6.54 Å². The van der Waals surface area contributed by atoms with Crippen molar-refractivity contribution < 1.29 is 9.90 Å². The van der Waals surface area contributed by atoms with E-state index in [-0.39, 0.29) is 12.5 Å². The summed E-state index contributed by atoms with van der Waals surface area (Å²) in [6, 6.07) is 9.08. The number of nitrogens with one attached hydrogen (secondary N) is 1. The third kappa shape index (κ3) is 5.01. The molecule has 4 nitrogen and oxygen atoms in total. The number of nitrogens with two attached hydrogens (primary N) is 1. The van der Waals surface area contributed by atoms with Crippen LogP contribution in [-0.2, 0) is 11.2 Å². The lowest BCUT2D eigenvalue weighted by Crippen LogP contribution is -2.48. The second-order valence-corrected chi connectivity index (χ2v) is 4.95. The number of carbonyl (C=O) groups excluding carboxylic acids is 1. The van der Waals surface area contributed by atoms with Crippen LogP contribution in [-0.4, -0.2) is 29.2 Å². The van der Waals surface area contributed by atoms with Gasteiger partial charge in [0, 0.05) is 6.54 Å². The van der Waals surface area contributed by atoms with Crippen molar-refractivity contribution >= 4 is 5.91 Å². The zero-order valence-electron chi connectivity index (χ0n) is 11.7. The first-order valence-electron chi connectivity index (χ1n) is 6.80. The minimum Gasteiger partial charge on any atom is -0.388 e. The van der Waals surface area contributed by atoms with Gasteiger partial charge < -0.3 is 16.2 Å². The summed E-state index contributed by atoms with van der Waals surface area (Å²) in [5.74, 6) is -0.218. The second-order valence-electron chi connectivity index (χ2n) is 4.95. The van der Waals surface area contributed by atoms with E-state index in [1.807, 2.05) is 44.2 Å². The molecular formula is C15H24N2O2. The lowest BCUT2D eigenvalue weighted by molar-refractivity contribution is -0.123. The number of carbonyl (C=O) groups is 1. The van der Waals surface area contributed by atoms with Crippen LogP contribution in [0.5, 0.6) is 0 Å². The average molecular weight is 264 g/mol. The van der Waals surface area contributed by atoms with Gasteiger partial charge in [0.1, 0.15) is 0 Å². The van der Waals surface area contributed by atoms with E-state index in [1.54, 1.807) is 0 Å². The normalized spacial score (nSPS) is 13.1. The smallest absolute Gasteiger partial charge is 0.237 e. The van der Waals surface area contributed by atoms with E-state index >= 15 is 0 Å². The van der Waals surface area contributed by atoms with Crippen LogP contribution in [0.1, 0.15) is 32.3 Å². The Morgan fingerprint density at radius 1 is 1.32 bits per heavy atom. The molecule has 0 radical (unpaired) electrons. The number of hydrogen-bond donors (Lipinski definition) is 3. The van der Waals surface area contributed by atoms with Crippen LogP contribution in [0, 0.1) is 0 Å². The van der Waals surface area contributed by atoms with Gasteiger partial charge in [-0.2, -0.15) is 0 Å². The summed E-state index contributed by atoms with van der Waals surface area (Å²) >= 11 is 0. The molecular weight excluding hydrogens is 240 g/mol. The van der Waals surface area contributed by atoms with Crippen molar-refractivity contribution in [2.45, 2.75) is 44.8 Å². The fraction of sp³-hybridized carbons (Fsp3) is 0.533. The average Bonchev–Trinajstić information content (AvgIpc) is 2.45. The largest absolute Gasteiger partial charge is 0.388 e. The summed E-state index contributed by atoms with van der Waals surface area (Å²) in [6.07, 6.45) is 1.72. The summed E-state index contributed by atoms with van der Waals surface area (Å²) in [5, 5.41) is 12.8. The molecule has 0 heterocycles. The molecule has 4 N–H and O–H groups in total. The maximum Gasteiger partial charge on any atom is 0.237 e. The van der Waals surface area contributed by atoms with Crippen molar-refractivity contribution in [3.63, 3.8) is 0 Å². The van der Waals surface area contributed by atoms with Crippen molar-refractivity contribution in [1.29, 1.82) is 0 Å². The number of aliphatic hydroxyl groups is 1. The highest BCUT2D eigenvalue weighted by Gasteiger charge is 2.24. The van der Waals surface area contributed by atoms with E-state index in [1.165, 1.54) is 0 Å². The number of hydrogen-bond acceptors (Lipinski definition) is 3. The molecule has 1 rings (SSSR count). The van der Waals surface area contributed by atoms with Gasteiger partial charge in [0.2, 0.25) is 5.91 Å². The molecule has 0 aliphatic heterocycles. The lowest BCUT2D eigenvalue weighted by Gasteiger charge is -2.26. The zero-order chi connectivity index (χ0) is 14.3. The van der Waals surface area contributed by atoms with Crippen LogP contribution >= 0.6 is 0 Å². The third-order valence-corrected chi connectivity index (χ3v) is 3.54. The van der Waals surface area contributed by atoms with Crippen LogP contribution in [0.2, 0.25) is 0 Å². The highest BCUT2D eigenvalue weighted by atomic mass is 16.3. The SMILES string of the molecule is CCC(O)(CC)CNC(=O)[C@@H](N)Cc1ccccc1. The highest BCUT2D eigenvalue weighted by Crippen LogP contribution is 2.12. The molecule has 0 fully saturated rings. The Balaban J connectivity index is 2.45. The van der Waals surface area contributed by atoms with Gasteiger partial charge in [-0.05, 0) is 24.8 Å². The summed E-state index contributed by atoms with van der Waals surface area (Å²) in [7, 11) is 0. The molecule has 0 saturated carbocycles. The van der Waals surface area contributed by atoms with Crippen LogP contribution in [0.25, 0.3) is 0 Å². The molecule has 0 spiro atoms. The van der Waals surface area contributed by atoms with Crippen molar-refractivity contribution in [2.24, 2.45) is 5.73 Å². The monoisotopic (exact) mass is 264 g/mol. The Morgan fingerprint density at radius 2 is 1.89 bits per heavy atom. The van der Waals surface area contributed by atoms with Gasteiger partial charge in [0.25, 0.3) is 0 Å². The lowest BCUT2D eigenvalue weighted by atomic mass is 9.97. The van der Waals surface area contributed by atoms with Gasteiger partial charge >= 0.3 is 0 Å². The van der Waals surface area contributed by atoms with Crippen LogP contribution in [0.3, 0.4) is 0 Å².